The zero-order valence-electron chi connectivity index (χ0n) is 28.6. The zero-order chi connectivity index (χ0) is 34.9. The third-order valence-electron chi connectivity index (χ3n) is 9.60. The fraction of sp³-hybridized carbons (Fsp3) is 0.457. The van der Waals surface area contributed by atoms with Crippen molar-refractivity contribution in [2.45, 2.75) is 76.9 Å². The van der Waals surface area contributed by atoms with Crippen LogP contribution in [0.1, 0.15) is 61.6 Å². The number of carbonyl (C=O) groups is 1. The van der Waals surface area contributed by atoms with Crippen LogP contribution in [0.3, 0.4) is 0 Å². The van der Waals surface area contributed by atoms with Crippen molar-refractivity contribution in [1.29, 1.82) is 0 Å². The van der Waals surface area contributed by atoms with Crippen molar-refractivity contribution >= 4 is 39.4 Å². The van der Waals surface area contributed by atoms with Crippen LogP contribution in [0.2, 0.25) is 5.02 Å². The second kappa shape index (κ2) is 14.4. The highest BCUT2D eigenvalue weighted by atomic mass is 35.5. The van der Waals surface area contributed by atoms with Gasteiger partial charge < -0.3 is 14.2 Å². The number of sulfonamides is 1. The Morgan fingerprint density at radius 3 is 2.33 bits per heavy atom. The van der Waals surface area contributed by atoms with Crippen molar-refractivity contribution in [3.63, 3.8) is 0 Å². The number of rotatable bonds is 9. The highest BCUT2D eigenvalue weighted by Crippen LogP contribution is 2.31. The number of amides is 1. The van der Waals surface area contributed by atoms with Gasteiger partial charge in [0.05, 0.1) is 16.8 Å². The predicted octanol–water partition coefficient (Wildman–Crippen LogP) is 5.61. The average molecular weight is 707 g/mol. The van der Waals surface area contributed by atoms with Gasteiger partial charge in [-0.3, -0.25) is 9.69 Å². The standard InChI is InChI=1S/C35H43ClN8O4S/c1-6-28-22-42(24(4)21-43(28)29-16-18-41(19-17-29)34(45)26-10-12-27(36)13-11-26)32-25(5)38-31(20-37-32)33-39-40-35(48-33)44(7-2)49(46,47)30-14-8-23(3)9-15-30/h8-15,20,24,28-29H,6-7,16-19,21-22H2,1-5H3/t24?,28-/m0/s1. The van der Waals surface area contributed by atoms with Crippen molar-refractivity contribution in [2.24, 2.45) is 0 Å². The summed E-state index contributed by atoms with van der Waals surface area (Å²) in [5.74, 6) is 0.957. The first kappa shape index (κ1) is 34.8. The summed E-state index contributed by atoms with van der Waals surface area (Å²) in [6.07, 6.45) is 4.47. The van der Waals surface area contributed by atoms with Crippen LogP contribution < -0.4 is 9.21 Å². The number of piperidine rings is 1. The molecule has 1 unspecified atom stereocenters. The smallest absolute Gasteiger partial charge is 0.332 e. The number of likely N-dealkylation sites (tertiary alicyclic amines) is 1. The molecule has 1 amide bonds. The summed E-state index contributed by atoms with van der Waals surface area (Å²) >= 11 is 6.02. The van der Waals surface area contributed by atoms with Gasteiger partial charge in [-0.2, -0.15) is 0 Å². The Kier molecular flexibility index (Phi) is 10.2. The lowest BCUT2D eigenvalue weighted by Gasteiger charge is -2.50. The van der Waals surface area contributed by atoms with Crippen LogP contribution in [-0.2, 0) is 10.0 Å². The summed E-state index contributed by atoms with van der Waals surface area (Å²) in [4.78, 5) is 29.7. The van der Waals surface area contributed by atoms with Gasteiger partial charge in [0.15, 0.2) is 0 Å². The van der Waals surface area contributed by atoms with Crippen molar-refractivity contribution in [3.8, 4) is 11.6 Å². The van der Waals surface area contributed by atoms with Crippen molar-refractivity contribution in [1.82, 2.24) is 30.0 Å². The molecule has 0 spiro atoms. The van der Waals surface area contributed by atoms with E-state index in [1.807, 2.05) is 18.7 Å². The maximum absolute atomic E-state index is 13.3. The van der Waals surface area contributed by atoms with Gasteiger partial charge in [-0.25, -0.2) is 22.7 Å². The lowest BCUT2D eigenvalue weighted by molar-refractivity contribution is 0.0434. The second-order valence-electron chi connectivity index (χ2n) is 12.8. The minimum Gasteiger partial charge on any atom is -0.401 e. The molecule has 2 aliphatic rings. The number of aromatic nitrogens is 4. The Hall–Kier alpha value is -4.07. The maximum atomic E-state index is 13.3. The van der Waals surface area contributed by atoms with Gasteiger partial charge in [0.2, 0.25) is 0 Å². The van der Waals surface area contributed by atoms with Crippen molar-refractivity contribution in [3.05, 3.63) is 76.6 Å². The Balaban J connectivity index is 1.12. The van der Waals surface area contributed by atoms with E-state index in [0.29, 0.717) is 28.4 Å². The topological polar surface area (TPSA) is 129 Å². The number of aryl methyl sites for hydroxylation is 2. The molecular formula is C35H43ClN8O4S. The molecule has 2 aromatic carbocycles. The molecular weight excluding hydrogens is 664 g/mol. The molecule has 4 aromatic rings. The van der Waals surface area contributed by atoms with Gasteiger partial charge in [0.25, 0.3) is 21.8 Å². The SMILES string of the molecule is CC[C@H]1CN(c2ncc(-c3nnc(N(CC)S(=O)(=O)c4ccc(C)cc4)o3)nc2C)C(C)CN1C1CCN(C(=O)c2ccc(Cl)cc2)CC1. The summed E-state index contributed by atoms with van der Waals surface area (Å²) in [7, 11) is -3.90. The van der Waals surface area contributed by atoms with Crippen LogP contribution in [0.5, 0.6) is 0 Å². The van der Waals surface area contributed by atoms with Gasteiger partial charge >= 0.3 is 6.01 Å². The molecule has 2 saturated heterocycles. The molecule has 260 valence electrons. The highest BCUT2D eigenvalue weighted by molar-refractivity contribution is 7.92. The Morgan fingerprint density at radius 2 is 1.69 bits per heavy atom. The van der Waals surface area contributed by atoms with E-state index in [9.17, 15) is 13.2 Å². The molecule has 2 aliphatic heterocycles. The van der Waals surface area contributed by atoms with E-state index in [0.717, 1.165) is 66.8 Å². The van der Waals surface area contributed by atoms with Crippen LogP contribution >= 0.6 is 11.6 Å². The quantitative estimate of drug-likeness (QED) is 0.217. The molecule has 4 heterocycles. The van der Waals surface area contributed by atoms with E-state index in [2.05, 4.69) is 33.8 Å². The van der Waals surface area contributed by atoms with E-state index in [-0.39, 0.29) is 35.3 Å². The fourth-order valence-electron chi connectivity index (χ4n) is 6.87. The van der Waals surface area contributed by atoms with Crippen LogP contribution in [0, 0.1) is 13.8 Å². The van der Waals surface area contributed by atoms with E-state index in [4.69, 9.17) is 26.0 Å². The van der Waals surface area contributed by atoms with Gasteiger partial charge in [-0.05, 0) is 83.4 Å². The number of benzene rings is 2. The lowest BCUT2D eigenvalue weighted by Crippen LogP contribution is -2.62. The minimum atomic E-state index is -3.90. The normalized spacial score (nSPS) is 19.3. The summed E-state index contributed by atoms with van der Waals surface area (Å²) in [5.41, 5.74) is 2.73. The monoisotopic (exact) mass is 706 g/mol. The second-order valence-corrected chi connectivity index (χ2v) is 15.1. The number of nitrogens with zero attached hydrogens (tertiary/aromatic N) is 8. The molecule has 2 atom stereocenters. The van der Waals surface area contributed by atoms with Gasteiger partial charge in [-0.15, -0.1) is 5.10 Å². The van der Waals surface area contributed by atoms with Crippen LogP contribution in [0.25, 0.3) is 11.6 Å². The maximum Gasteiger partial charge on any atom is 0.332 e. The molecule has 0 radical (unpaired) electrons. The third-order valence-corrected chi connectivity index (χ3v) is 11.7. The van der Waals surface area contributed by atoms with Crippen LogP contribution in [0.4, 0.5) is 11.8 Å². The lowest BCUT2D eigenvalue weighted by atomic mass is 9.96. The molecule has 0 aliphatic carbocycles. The Morgan fingerprint density at radius 1 is 1.00 bits per heavy atom. The molecule has 6 rings (SSSR count). The van der Waals surface area contributed by atoms with E-state index in [1.165, 1.54) is 0 Å². The predicted molar refractivity (Wildman–Crippen MR) is 189 cm³/mol. The summed E-state index contributed by atoms with van der Waals surface area (Å²) in [6.45, 7) is 13.2. The minimum absolute atomic E-state index is 0.0598. The number of carbonyl (C=O) groups excluding carboxylic acids is 1. The first-order valence-corrected chi connectivity index (χ1v) is 18.7. The Labute approximate surface area is 293 Å². The van der Waals surface area contributed by atoms with Crippen molar-refractivity contribution in [2.75, 3.05) is 41.9 Å². The number of anilines is 2. The summed E-state index contributed by atoms with van der Waals surface area (Å²) in [5, 5.41) is 8.80. The molecule has 0 bridgehead atoms. The number of halogens is 1. The van der Waals surface area contributed by atoms with Gasteiger partial charge in [-0.1, -0.05) is 41.3 Å². The largest absolute Gasteiger partial charge is 0.401 e. The molecule has 49 heavy (non-hydrogen) atoms. The van der Waals surface area contributed by atoms with Gasteiger partial charge in [0.1, 0.15) is 11.5 Å². The number of hydrogen-bond acceptors (Lipinski definition) is 10. The first-order chi connectivity index (χ1) is 23.5. The molecule has 0 N–H and O–H groups in total. The summed E-state index contributed by atoms with van der Waals surface area (Å²) in [6, 6.07) is 14.5. The number of hydrogen-bond donors (Lipinski definition) is 0. The van der Waals surface area contributed by atoms with Crippen LogP contribution in [-0.4, -0.2) is 95.1 Å². The van der Waals surface area contributed by atoms with Gasteiger partial charge in [0, 0.05) is 61.4 Å². The molecule has 2 aromatic heterocycles. The summed E-state index contributed by atoms with van der Waals surface area (Å²) < 4.78 is 33.6. The third kappa shape index (κ3) is 7.15. The van der Waals surface area contributed by atoms with Crippen LogP contribution in [0.15, 0.2) is 64.0 Å². The molecule has 2 fully saturated rings. The van der Waals surface area contributed by atoms with Crippen molar-refractivity contribution < 1.29 is 17.6 Å². The zero-order valence-corrected chi connectivity index (χ0v) is 30.2. The first-order valence-electron chi connectivity index (χ1n) is 16.8. The molecule has 14 heteroatoms. The van der Waals surface area contributed by atoms with E-state index in [1.54, 1.807) is 61.7 Å². The highest BCUT2D eigenvalue weighted by Gasteiger charge is 2.38. The number of piperazine rings is 1. The van der Waals surface area contributed by atoms with E-state index < -0.39 is 10.0 Å². The molecule has 12 nitrogen and oxygen atoms in total. The Bertz CT molecular complexity index is 1880. The average Bonchev–Trinajstić information content (AvgIpc) is 3.58. The molecule has 0 saturated carbocycles. The van der Waals surface area contributed by atoms with E-state index >= 15 is 0 Å². The fourth-order valence-corrected chi connectivity index (χ4v) is 8.35.